The molecule has 6 heteroatoms. The molecule has 1 heterocycles. The number of amides is 1. The van der Waals surface area contributed by atoms with E-state index in [4.69, 9.17) is 0 Å². The molecule has 1 aliphatic heterocycles. The molecule has 0 bridgehead atoms. The molecule has 1 fully saturated rings. The Kier molecular flexibility index (Phi) is 5.15. The topological polar surface area (TPSA) is 66.5 Å². The molecule has 2 aromatic rings. The Morgan fingerprint density at radius 1 is 1.07 bits per heavy atom. The zero-order valence-electron chi connectivity index (χ0n) is 16.1. The van der Waals surface area contributed by atoms with Gasteiger partial charge in [-0.1, -0.05) is 44.0 Å². The normalized spacial score (nSPS) is 22.0. The Bertz CT molecular complexity index is 987. The fourth-order valence-electron chi connectivity index (χ4n) is 4.27. The van der Waals surface area contributed by atoms with Gasteiger partial charge in [-0.25, -0.2) is 8.42 Å². The van der Waals surface area contributed by atoms with Gasteiger partial charge in [0.05, 0.1) is 10.6 Å². The van der Waals surface area contributed by atoms with Gasteiger partial charge in [0.25, 0.3) is 15.9 Å². The zero-order valence-corrected chi connectivity index (χ0v) is 16.9. The van der Waals surface area contributed by atoms with Crippen LogP contribution in [0.3, 0.4) is 0 Å². The number of para-hydroxylation sites is 1. The molecule has 2 aromatic carbocycles. The zero-order chi connectivity index (χ0) is 19.7. The predicted molar refractivity (Wildman–Crippen MR) is 110 cm³/mol. The summed E-state index contributed by atoms with van der Waals surface area (Å²) in [5.41, 5.74) is 2.16. The molecule has 4 rings (SSSR count). The molecule has 0 radical (unpaired) electrons. The summed E-state index contributed by atoms with van der Waals surface area (Å²) in [6.07, 6.45) is 5.13. The lowest BCUT2D eigenvalue weighted by Crippen LogP contribution is -2.41. The van der Waals surface area contributed by atoms with Gasteiger partial charge >= 0.3 is 0 Å². The highest BCUT2D eigenvalue weighted by Crippen LogP contribution is 2.33. The molecular weight excluding hydrogens is 372 g/mol. The first-order valence-electron chi connectivity index (χ1n) is 9.98. The van der Waals surface area contributed by atoms with Gasteiger partial charge in [-0.3, -0.25) is 9.10 Å². The van der Waals surface area contributed by atoms with Crippen LogP contribution in [0.1, 0.15) is 48.5 Å². The molecule has 1 N–H and O–H groups in total. The SMILES string of the molecule is CC1CCCCC1NC(=O)c1cccc(S(=O)(=O)N2CCc3ccccc32)c1. The Labute approximate surface area is 166 Å². The summed E-state index contributed by atoms with van der Waals surface area (Å²) in [5, 5.41) is 3.10. The standard InChI is InChI=1S/C22H26N2O3S/c1-16-7-2-4-11-20(16)23-22(25)18-9-6-10-19(15-18)28(26,27)24-14-13-17-8-3-5-12-21(17)24/h3,5-6,8-10,12,15-16,20H,2,4,7,11,13-14H2,1H3,(H,23,25). The first-order valence-corrected chi connectivity index (χ1v) is 11.4. The summed E-state index contributed by atoms with van der Waals surface area (Å²) in [5.74, 6) is 0.253. The minimum atomic E-state index is -3.70. The number of sulfonamides is 1. The molecule has 0 saturated heterocycles. The number of carbonyl (C=O) groups excluding carboxylic acids is 1. The van der Waals surface area contributed by atoms with E-state index in [-0.39, 0.29) is 16.8 Å². The van der Waals surface area contributed by atoms with Crippen LogP contribution in [0.15, 0.2) is 53.4 Å². The van der Waals surface area contributed by atoms with Gasteiger partial charge < -0.3 is 5.32 Å². The fraction of sp³-hybridized carbons (Fsp3) is 0.409. The van der Waals surface area contributed by atoms with Gasteiger partial charge in [-0.05, 0) is 55.0 Å². The van der Waals surface area contributed by atoms with Crippen molar-refractivity contribution in [2.75, 3.05) is 10.8 Å². The number of hydrogen-bond acceptors (Lipinski definition) is 3. The maximum atomic E-state index is 13.2. The van der Waals surface area contributed by atoms with Crippen molar-refractivity contribution in [2.24, 2.45) is 5.92 Å². The van der Waals surface area contributed by atoms with E-state index in [1.807, 2.05) is 24.3 Å². The Morgan fingerprint density at radius 2 is 1.86 bits per heavy atom. The van der Waals surface area contributed by atoms with Gasteiger partial charge in [0, 0.05) is 18.2 Å². The second-order valence-electron chi connectivity index (χ2n) is 7.83. The average molecular weight is 399 g/mol. The van der Waals surface area contributed by atoms with Crippen LogP contribution in [0, 0.1) is 5.92 Å². The van der Waals surface area contributed by atoms with Crippen molar-refractivity contribution in [1.29, 1.82) is 0 Å². The molecule has 2 aliphatic rings. The quantitative estimate of drug-likeness (QED) is 0.853. The fourth-order valence-corrected chi connectivity index (χ4v) is 5.81. The van der Waals surface area contributed by atoms with Crippen molar-refractivity contribution < 1.29 is 13.2 Å². The van der Waals surface area contributed by atoms with Crippen molar-refractivity contribution in [3.8, 4) is 0 Å². The molecule has 0 spiro atoms. The van der Waals surface area contributed by atoms with Gasteiger partial charge in [0.2, 0.25) is 0 Å². The summed E-state index contributed by atoms with van der Waals surface area (Å²) < 4.78 is 27.9. The number of hydrogen-bond donors (Lipinski definition) is 1. The van der Waals surface area contributed by atoms with Crippen LogP contribution in [-0.2, 0) is 16.4 Å². The van der Waals surface area contributed by atoms with Crippen molar-refractivity contribution in [1.82, 2.24) is 5.32 Å². The van der Waals surface area contributed by atoms with Crippen molar-refractivity contribution >= 4 is 21.6 Å². The van der Waals surface area contributed by atoms with Gasteiger partial charge in [-0.15, -0.1) is 0 Å². The van der Waals surface area contributed by atoms with Crippen LogP contribution in [0.5, 0.6) is 0 Å². The summed E-state index contributed by atoms with van der Waals surface area (Å²) in [4.78, 5) is 12.9. The number of rotatable bonds is 4. The van der Waals surface area contributed by atoms with Gasteiger partial charge in [0.1, 0.15) is 0 Å². The first-order chi connectivity index (χ1) is 13.5. The largest absolute Gasteiger partial charge is 0.349 e. The highest BCUT2D eigenvalue weighted by molar-refractivity contribution is 7.92. The molecule has 1 saturated carbocycles. The third kappa shape index (κ3) is 3.53. The van der Waals surface area contributed by atoms with Crippen LogP contribution >= 0.6 is 0 Å². The summed E-state index contributed by atoms with van der Waals surface area (Å²) in [6, 6.07) is 14.1. The molecule has 2 atom stereocenters. The molecule has 2 unspecified atom stereocenters. The Hall–Kier alpha value is -2.34. The van der Waals surface area contributed by atoms with Crippen LogP contribution in [0.2, 0.25) is 0 Å². The van der Waals surface area contributed by atoms with Gasteiger partial charge in [0.15, 0.2) is 0 Å². The maximum Gasteiger partial charge on any atom is 0.264 e. The third-order valence-electron chi connectivity index (χ3n) is 5.96. The van der Waals surface area contributed by atoms with Crippen LogP contribution in [-0.4, -0.2) is 26.9 Å². The third-order valence-corrected chi connectivity index (χ3v) is 7.77. The lowest BCUT2D eigenvalue weighted by molar-refractivity contribution is 0.0910. The minimum absolute atomic E-state index is 0.159. The van der Waals surface area contributed by atoms with Crippen LogP contribution < -0.4 is 9.62 Å². The lowest BCUT2D eigenvalue weighted by atomic mass is 9.86. The Morgan fingerprint density at radius 3 is 2.68 bits per heavy atom. The lowest BCUT2D eigenvalue weighted by Gasteiger charge is -2.29. The number of benzene rings is 2. The first kappa shape index (κ1) is 19.0. The second kappa shape index (κ2) is 7.59. The number of fused-ring (bicyclic) bond motifs is 1. The number of carbonyl (C=O) groups is 1. The van der Waals surface area contributed by atoms with E-state index in [2.05, 4.69) is 12.2 Å². The van der Waals surface area contributed by atoms with E-state index in [1.165, 1.54) is 16.8 Å². The maximum absolute atomic E-state index is 13.2. The number of nitrogens with one attached hydrogen (secondary N) is 1. The number of anilines is 1. The van der Waals surface area contributed by atoms with Crippen molar-refractivity contribution in [3.05, 3.63) is 59.7 Å². The van der Waals surface area contributed by atoms with E-state index in [0.717, 1.165) is 30.5 Å². The second-order valence-corrected chi connectivity index (χ2v) is 9.69. The smallest absolute Gasteiger partial charge is 0.264 e. The summed E-state index contributed by atoms with van der Waals surface area (Å²) in [6.45, 7) is 2.59. The molecule has 0 aromatic heterocycles. The minimum Gasteiger partial charge on any atom is -0.349 e. The van der Waals surface area contributed by atoms with Gasteiger partial charge in [-0.2, -0.15) is 0 Å². The van der Waals surface area contributed by atoms with Crippen LogP contribution in [0.4, 0.5) is 5.69 Å². The highest BCUT2D eigenvalue weighted by atomic mass is 32.2. The van der Waals surface area contributed by atoms with E-state index in [0.29, 0.717) is 24.4 Å². The van der Waals surface area contributed by atoms with E-state index < -0.39 is 10.0 Å². The van der Waals surface area contributed by atoms with Crippen molar-refractivity contribution in [3.63, 3.8) is 0 Å². The summed E-state index contributed by atoms with van der Waals surface area (Å²) >= 11 is 0. The monoisotopic (exact) mass is 398 g/mol. The average Bonchev–Trinajstić information content (AvgIpc) is 3.15. The van der Waals surface area contributed by atoms with E-state index >= 15 is 0 Å². The van der Waals surface area contributed by atoms with E-state index in [9.17, 15) is 13.2 Å². The molecule has 148 valence electrons. The summed E-state index contributed by atoms with van der Waals surface area (Å²) in [7, 11) is -3.70. The molecule has 1 amide bonds. The van der Waals surface area contributed by atoms with Crippen molar-refractivity contribution in [2.45, 2.75) is 50.0 Å². The number of nitrogens with zero attached hydrogens (tertiary/aromatic N) is 1. The highest BCUT2D eigenvalue weighted by Gasteiger charge is 2.31. The molecule has 28 heavy (non-hydrogen) atoms. The Balaban J connectivity index is 1.57. The van der Waals surface area contributed by atoms with E-state index in [1.54, 1.807) is 18.2 Å². The molecular formula is C22H26N2O3S. The molecule has 1 aliphatic carbocycles. The van der Waals surface area contributed by atoms with Crippen LogP contribution in [0.25, 0.3) is 0 Å². The molecule has 5 nitrogen and oxygen atoms in total. The predicted octanol–water partition coefficient (Wildman–Crippen LogP) is 3.75.